The lowest BCUT2D eigenvalue weighted by molar-refractivity contribution is -0.140. The van der Waals surface area contributed by atoms with Crippen LogP contribution in [0.15, 0.2) is 0 Å². The van der Waals surface area contributed by atoms with Crippen molar-refractivity contribution in [2.24, 2.45) is 0 Å². The van der Waals surface area contributed by atoms with Crippen LogP contribution in [0.2, 0.25) is 0 Å². The van der Waals surface area contributed by atoms with Gasteiger partial charge < -0.3 is 9.64 Å². The van der Waals surface area contributed by atoms with Gasteiger partial charge in [0.1, 0.15) is 12.4 Å². The summed E-state index contributed by atoms with van der Waals surface area (Å²) in [5.74, 6) is 0.241. The number of Topliss-reactive ketones (excluding diaryl/α,β-unsaturated/α-hetero) is 1. The van der Waals surface area contributed by atoms with Crippen LogP contribution in [0.25, 0.3) is 0 Å². The van der Waals surface area contributed by atoms with E-state index >= 15 is 0 Å². The van der Waals surface area contributed by atoms with Gasteiger partial charge >= 0.3 is 0 Å². The molecule has 14 heavy (non-hydrogen) atoms. The third kappa shape index (κ3) is 3.46. The number of piperidine rings is 1. The molecule has 1 amide bonds. The molecule has 0 aromatic rings. The molecule has 0 aromatic heterocycles. The first-order valence-corrected chi connectivity index (χ1v) is 5.00. The summed E-state index contributed by atoms with van der Waals surface area (Å²) in [7, 11) is 0. The number of rotatable bonds is 3. The smallest absolute Gasteiger partial charge is 0.248 e. The molecule has 0 aliphatic carbocycles. The number of nitrogens with zero attached hydrogens (tertiary/aromatic N) is 1. The average Bonchev–Trinajstić information content (AvgIpc) is 2.15. The third-order valence-electron chi connectivity index (χ3n) is 2.21. The van der Waals surface area contributed by atoms with Crippen LogP contribution in [-0.2, 0) is 14.3 Å². The summed E-state index contributed by atoms with van der Waals surface area (Å²) in [5, 5.41) is 0. The molecule has 0 spiro atoms. The van der Waals surface area contributed by atoms with Crippen LogP contribution in [0, 0.1) is 0 Å². The molecule has 1 fully saturated rings. The Morgan fingerprint density at radius 2 is 2.00 bits per heavy atom. The van der Waals surface area contributed by atoms with Crippen molar-refractivity contribution >= 4 is 11.7 Å². The quantitative estimate of drug-likeness (QED) is 0.668. The van der Waals surface area contributed by atoms with Gasteiger partial charge in [0.15, 0.2) is 0 Å². The van der Waals surface area contributed by atoms with E-state index in [1.165, 1.54) is 0 Å². The molecule has 1 saturated heterocycles. The lowest BCUT2D eigenvalue weighted by atomic mass is 10.1. The van der Waals surface area contributed by atoms with Gasteiger partial charge in [-0.2, -0.15) is 0 Å². The molecule has 0 saturated carbocycles. The fourth-order valence-electron chi connectivity index (χ4n) is 1.33. The monoisotopic (exact) mass is 199 g/mol. The number of likely N-dealkylation sites (tertiary alicyclic amines) is 1. The fourth-order valence-corrected chi connectivity index (χ4v) is 1.33. The minimum Gasteiger partial charge on any atom is -0.369 e. The normalized spacial score (nSPS) is 17.6. The van der Waals surface area contributed by atoms with E-state index in [-0.39, 0.29) is 24.4 Å². The van der Waals surface area contributed by atoms with Gasteiger partial charge in [0.2, 0.25) is 5.91 Å². The number of carbonyl (C=O) groups excluding carboxylic acids is 2. The van der Waals surface area contributed by atoms with E-state index < -0.39 is 0 Å². The Labute approximate surface area is 84.2 Å². The SMILES string of the molecule is CC(C)OCC(=O)N1CCC(=O)CC1. The molecule has 0 atom stereocenters. The maximum absolute atomic E-state index is 11.5. The van der Waals surface area contributed by atoms with Crippen molar-refractivity contribution < 1.29 is 14.3 Å². The highest BCUT2D eigenvalue weighted by molar-refractivity contribution is 5.83. The van der Waals surface area contributed by atoms with Crippen molar-refractivity contribution in [1.82, 2.24) is 4.90 Å². The Morgan fingerprint density at radius 1 is 1.43 bits per heavy atom. The topological polar surface area (TPSA) is 46.6 Å². The van der Waals surface area contributed by atoms with Gasteiger partial charge in [-0.25, -0.2) is 0 Å². The first kappa shape index (κ1) is 11.2. The van der Waals surface area contributed by atoms with Crippen molar-refractivity contribution in [2.75, 3.05) is 19.7 Å². The average molecular weight is 199 g/mol. The van der Waals surface area contributed by atoms with Gasteiger partial charge in [-0.05, 0) is 13.8 Å². The lowest BCUT2D eigenvalue weighted by Gasteiger charge is -2.26. The zero-order valence-corrected chi connectivity index (χ0v) is 8.78. The summed E-state index contributed by atoms with van der Waals surface area (Å²) in [4.78, 5) is 24.1. The molecule has 1 heterocycles. The van der Waals surface area contributed by atoms with Crippen LogP contribution in [0.4, 0.5) is 0 Å². The zero-order valence-electron chi connectivity index (χ0n) is 8.78. The Bertz CT molecular complexity index is 215. The highest BCUT2D eigenvalue weighted by Gasteiger charge is 2.20. The number of ketones is 1. The first-order chi connectivity index (χ1) is 6.59. The van der Waals surface area contributed by atoms with Crippen molar-refractivity contribution in [3.63, 3.8) is 0 Å². The number of hydrogen-bond acceptors (Lipinski definition) is 3. The van der Waals surface area contributed by atoms with E-state index in [1.54, 1.807) is 4.90 Å². The molecule has 0 aromatic carbocycles. The second kappa shape index (κ2) is 5.10. The summed E-state index contributed by atoms with van der Waals surface area (Å²) in [5.41, 5.74) is 0. The molecule has 0 bridgehead atoms. The second-order valence-electron chi connectivity index (χ2n) is 3.78. The highest BCUT2D eigenvalue weighted by atomic mass is 16.5. The maximum Gasteiger partial charge on any atom is 0.248 e. The van der Waals surface area contributed by atoms with Gasteiger partial charge in [-0.3, -0.25) is 9.59 Å². The van der Waals surface area contributed by atoms with E-state index in [0.29, 0.717) is 25.9 Å². The third-order valence-corrected chi connectivity index (χ3v) is 2.21. The minimum atomic E-state index is -0.00815. The van der Waals surface area contributed by atoms with Crippen molar-refractivity contribution in [2.45, 2.75) is 32.8 Å². The van der Waals surface area contributed by atoms with E-state index in [4.69, 9.17) is 4.74 Å². The molecule has 0 N–H and O–H groups in total. The van der Waals surface area contributed by atoms with Crippen molar-refractivity contribution in [1.29, 1.82) is 0 Å². The largest absolute Gasteiger partial charge is 0.369 e. The van der Waals surface area contributed by atoms with E-state index in [2.05, 4.69) is 0 Å². The zero-order chi connectivity index (χ0) is 10.6. The predicted octanol–water partition coefficient (Wildman–Crippen LogP) is 0.603. The fraction of sp³-hybridized carbons (Fsp3) is 0.800. The van der Waals surface area contributed by atoms with Crippen LogP contribution in [0.1, 0.15) is 26.7 Å². The van der Waals surface area contributed by atoms with Crippen LogP contribution < -0.4 is 0 Å². The molecule has 1 aliphatic heterocycles. The molecule has 4 heteroatoms. The Hall–Kier alpha value is -0.900. The van der Waals surface area contributed by atoms with E-state index in [9.17, 15) is 9.59 Å². The molecular weight excluding hydrogens is 182 g/mol. The molecule has 0 unspecified atom stereocenters. The van der Waals surface area contributed by atoms with Gasteiger partial charge in [0, 0.05) is 25.9 Å². The van der Waals surface area contributed by atoms with Gasteiger partial charge in [-0.15, -0.1) is 0 Å². The van der Waals surface area contributed by atoms with Crippen LogP contribution in [0.5, 0.6) is 0 Å². The maximum atomic E-state index is 11.5. The molecule has 80 valence electrons. The van der Waals surface area contributed by atoms with E-state index in [1.807, 2.05) is 13.8 Å². The van der Waals surface area contributed by atoms with Gasteiger partial charge in [-0.1, -0.05) is 0 Å². The summed E-state index contributed by atoms with van der Waals surface area (Å²) >= 11 is 0. The predicted molar refractivity (Wildman–Crippen MR) is 51.9 cm³/mol. The standard InChI is InChI=1S/C10H17NO3/c1-8(2)14-7-10(13)11-5-3-9(12)4-6-11/h8H,3-7H2,1-2H3. The highest BCUT2D eigenvalue weighted by Crippen LogP contribution is 2.06. The number of carbonyl (C=O) groups is 2. The van der Waals surface area contributed by atoms with Crippen LogP contribution in [-0.4, -0.2) is 42.4 Å². The molecule has 1 rings (SSSR count). The summed E-state index contributed by atoms with van der Waals surface area (Å²) in [6.45, 7) is 5.03. The lowest BCUT2D eigenvalue weighted by Crippen LogP contribution is -2.40. The second-order valence-corrected chi connectivity index (χ2v) is 3.78. The number of amides is 1. The van der Waals surface area contributed by atoms with Crippen LogP contribution in [0.3, 0.4) is 0 Å². The molecule has 0 radical (unpaired) electrons. The van der Waals surface area contributed by atoms with E-state index in [0.717, 1.165) is 0 Å². The minimum absolute atomic E-state index is 0.00815. The summed E-state index contributed by atoms with van der Waals surface area (Å²) < 4.78 is 5.21. The van der Waals surface area contributed by atoms with Crippen molar-refractivity contribution in [3.8, 4) is 0 Å². The molecule has 1 aliphatic rings. The number of ether oxygens (including phenoxy) is 1. The van der Waals surface area contributed by atoms with Gasteiger partial charge in [0.05, 0.1) is 6.10 Å². The Balaban J connectivity index is 2.27. The molecular formula is C10H17NO3. The Morgan fingerprint density at radius 3 is 2.50 bits per heavy atom. The Kier molecular flexibility index (Phi) is 4.07. The van der Waals surface area contributed by atoms with Gasteiger partial charge in [0.25, 0.3) is 0 Å². The number of hydrogen-bond donors (Lipinski definition) is 0. The summed E-state index contributed by atoms with van der Waals surface area (Å²) in [6, 6.07) is 0. The summed E-state index contributed by atoms with van der Waals surface area (Å²) in [6.07, 6.45) is 1.06. The molecule has 4 nitrogen and oxygen atoms in total. The first-order valence-electron chi connectivity index (χ1n) is 5.00. The van der Waals surface area contributed by atoms with Crippen LogP contribution >= 0.6 is 0 Å². The van der Waals surface area contributed by atoms with Crippen molar-refractivity contribution in [3.05, 3.63) is 0 Å².